The van der Waals surface area contributed by atoms with Crippen molar-refractivity contribution in [3.05, 3.63) is 54.7 Å². The first-order valence-corrected chi connectivity index (χ1v) is 7.40. The van der Waals surface area contributed by atoms with E-state index in [0.717, 1.165) is 16.7 Å². The van der Waals surface area contributed by atoms with Gasteiger partial charge >= 0.3 is 0 Å². The molecule has 1 aromatic heterocycles. The summed E-state index contributed by atoms with van der Waals surface area (Å²) >= 11 is 0. The maximum Gasteiger partial charge on any atom is 0.128 e. The summed E-state index contributed by atoms with van der Waals surface area (Å²) in [7, 11) is 1.60. The molecule has 3 aromatic rings. The van der Waals surface area contributed by atoms with Gasteiger partial charge in [0.25, 0.3) is 0 Å². The van der Waals surface area contributed by atoms with Crippen LogP contribution in [0.3, 0.4) is 0 Å². The molecule has 0 radical (unpaired) electrons. The Labute approximate surface area is 134 Å². The number of hydrogen-bond acceptors (Lipinski definition) is 4. The molecule has 0 aliphatic rings. The highest BCUT2D eigenvalue weighted by Gasteiger charge is 2.09. The zero-order valence-electron chi connectivity index (χ0n) is 12.9. The average Bonchev–Trinajstić information content (AvgIpc) is 3.07. The minimum absolute atomic E-state index is 0.149. The van der Waals surface area contributed by atoms with Crippen molar-refractivity contribution >= 4 is 10.9 Å². The van der Waals surface area contributed by atoms with Crippen LogP contribution in [-0.4, -0.2) is 36.5 Å². The molecule has 120 valence electrons. The monoisotopic (exact) mass is 313 g/mol. The van der Waals surface area contributed by atoms with Crippen molar-refractivity contribution in [2.24, 2.45) is 0 Å². The molecule has 0 saturated heterocycles. The van der Waals surface area contributed by atoms with Gasteiger partial charge in [0.05, 0.1) is 7.11 Å². The van der Waals surface area contributed by atoms with E-state index in [1.807, 2.05) is 48.7 Å². The first-order chi connectivity index (χ1) is 11.3. The molecule has 5 nitrogen and oxygen atoms in total. The number of aliphatic hydroxyl groups is 1. The van der Waals surface area contributed by atoms with Crippen molar-refractivity contribution in [1.29, 1.82) is 0 Å². The minimum atomic E-state index is -0.726. The van der Waals surface area contributed by atoms with Crippen LogP contribution in [0.4, 0.5) is 0 Å². The number of aromatic amines is 1. The van der Waals surface area contributed by atoms with E-state index in [1.165, 1.54) is 0 Å². The fourth-order valence-electron chi connectivity index (χ4n) is 2.30. The summed E-state index contributed by atoms with van der Waals surface area (Å²) in [5.74, 6) is 2.10. The van der Waals surface area contributed by atoms with E-state index in [0.29, 0.717) is 11.5 Å². The van der Waals surface area contributed by atoms with E-state index in [2.05, 4.69) is 4.98 Å². The van der Waals surface area contributed by atoms with E-state index in [4.69, 9.17) is 14.2 Å². The summed E-state index contributed by atoms with van der Waals surface area (Å²) in [4.78, 5) is 3.13. The van der Waals surface area contributed by atoms with Gasteiger partial charge in [-0.2, -0.15) is 0 Å². The van der Waals surface area contributed by atoms with Gasteiger partial charge in [-0.25, -0.2) is 0 Å². The van der Waals surface area contributed by atoms with Gasteiger partial charge in [-0.1, -0.05) is 12.1 Å². The van der Waals surface area contributed by atoms with Crippen LogP contribution >= 0.6 is 0 Å². The zero-order valence-corrected chi connectivity index (χ0v) is 12.9. The van der Waals surface area contributed by atoms with Crippen molar-refractivity contribution in [1.82, 2.24) is 4.98 Å². The average molecular weight is 313 g/mol. The van der Waals surface area contributed by atoms with Crippen LogP contribution in [0.15, 0.2) is 54.7 Å². The third-order valence-electron chi connectivity index (χ3n) is 3.47. The largest absolute Gasteiger partial charge is 0.497 e. The van der Waals surface area contributed by atoms with Gasteiger partial charge in [0.15, 0.2) is 0 Å². The number of fused-ring (bicyclic) bond motifs is 1. The highest BCUT2D eigenvalue weighted by molar-refractivity contribution is 5.85. The molecule has 1 atom stereocenters. The first kappa shape index (κ1) is 15.2. The van der Waals surface area contributed by atoms with Crippen LogP contribution in [0.5, 0.6) is 17.2 Å². The zero-order chi connectivity index (χ0) is 16.1. The Morgan fingerprint density at radius 3 is 2.65 bits per heavy atom. The number of ether oxygens (including phenoxy) is 3. The van der Waals surface area contributed by atoms with Gasteiger partial charge < -0.3 is 24.3 Å². The van der Waals surface area contributed by atoms with Crippen LogP contribution in [0.1, 0.15) is 0 Å². The molecule has 1 unspecified atom stereocenters. The molecule has 1 heterocycles. The highest BCUT2D eigenvalue weighted by Crippen LogP contribution is 2.24. The SMILES string of the molecule is COc1cccc(OCC(O)COc2cccc3[nH]ccc23)c1. The first-order valence-electron chi connectivity index (χ1n) is 7.40. The molecule has 0 saturated carbocycles. The smallest absolute Gasteiger partial charge is 0.128 e. The van der Waals surface area contributed by atoms with Crippen molar-refractivity contribution in [3.63, 3.8) is 0 Å². The number of H-pyrrole nitrogens is 1. The number of methoxy groups -OCH3 is 1. The Morgan fingerprint density at radius 2 is 1.78 bits per heavy atom. The summed E-state index contributed by atoms with van der Waals surface area (Å²) in [6.07, 6.45) is 1.13. The Bertz CT molecular complexity index is 768. The second-order valence-electron chi connectivity index (χ2n) is 5.15. The lowest BCUT2D eigenvalue weighted by atomic mass is 10.2. The lowest BCUT2D eigenvalue weighted by molar-refractivity contribution is 0.0631. The van der Waals surface area contributed by atoms with Crippen LogP contribution in [-0.2, 0) is 0 Å². The van der Waals surface area contributed by atoms with Gasteiger partial charge in [-0.15, -0.1) is 0 Å². The van der Waals surface area contributed by atoms with Crippen LogP contribution < -0.4 is 14.2 Å². The van der Waals surface area contributed by atoms with Crippen LogP contribution in [0.2, 0.25) is 0 Å². The standard InChI is InChI=1S/C18H19NO4/c1-21-14-4-2-5-15(10-14)22-11-13(20)12-23-18-7-3-6-17-16(18)8-9-19-17/h2-10,13,19-20H,11-12H2,1H3. The number of benzene rings is 2. The maximum atomic E-state index is 10.0. The number of rotatable bonds is 7. The lowest BCUT2D eigenvalue weighted by Crippen LogP contribution is -2.25. The predicted octanol–water partition coefficient (Wildman–Crippen LogP) is 3.00. The van der Waals surface area contributed by atoms with Gasteiger partial charge in [-0.3, -0.25) is 0 Å². The summed E-state index contributed by atoms with van der Waals surface area (Å²) in [6.45, 7) is 0.310. The molecule has 0 spiro atoms. The molecule has 0 bridgehead atoms. The van der Waals surface area contributed by atoms with E-state index in [1.54, 1.807) is 13.2 Å². The Hall–Kier alpha value is -2.66. The fraction of sp³-hybridized carbons (Fsp3) is 0.222. The molecule has 0 fully saturated rings. The summed E-state index contributed by atoms with van der Waals surface area (Å²) in [5.41, 5.74) is 1.00. The lowest BCUT2D eigenvalue weighted by Gasteiger charge is -2.14. The maximum absolute atomic E-state index is 10.0. The van der Waals surface area contributed by atoms with Crippen molar-refractivity contribution in [2.45, 2.75) is 6.10 Å². The molecule has 3 rings (SSSR count). The predicted molar refractivity (Wildman–Crippen MR) is 88.3 cm³/mol. The van der Waals surface area contributed by atoms with Crippen LogP contribution in [0.25, 0.3) is 10.9 Å². The molecular weight excluding hydrogens is 294 g/mol. The second kappa shape index (κ2) is 7.07. The third kappa shape index (κ3) is 3.76. The van der Waals surface area contributed by atoms with E-state index < -0.39 is 6.10 Å². The highest BCUT2D eigenvalue weighted by atomic mass is 16.5. The quantitative estimate of drug-likeness (QED) is 0.704. The minimum Gasteiger partial charge on any atom is -0.497 e. The third-order valence-corrected chi connectivity index (χ3v) is 3.47. The summed E-state index contributed by atoms with van der Waals surface area (Å²) < 4.78 is 16.4. The normalized spacial score (nSPS) is 12.1. The van der Waals surface area contributed by atoms with Crippen molar-refractivity contribution < 1.29 is 19.3 Å². The fourth-order valence-corrected chi connectivity index (χ4v) is 2.30. The Kier molecular flexibility index (Phi) is 4.68. The molecular formula is C18H19NO4. The van der Waals surface area contributed by atoms with Gasteiger partial charge in [0, 0.05) is 23.2 Å². The van der Waals surface area contributed by atoms with E-state index in [-0.39, 0.29) is 13.2 Å². The molecule has 23 heavy (non-hydrogen) atoms. The second-order valence-corrected chi connectivity index (χ2v) is 5.15. The molecule has 0 aliphatic heterocycles. The number of nitrogens with one attached hydrogen (secondary N) is 1. The number of aliphatic hydroxyl groups excluding tert-OH is 1. The molecule has 2 aromatic carbocycles. The van der Waals surface area contributed by atoms with E-state index in [9.17, 15) is 5.11 Å². The summed E-state index contributed by atoms with van der Waals surface area (Å²) in [6, 6.07) is 15.0. The molecule has 0 aliphatic carbocycles. The van der Waals surface area contributed by atoms with Gasteiger partial charge in [-0.05, 0) is 30.3 Å². The molecule has 0 amide bonds. The van der Waals surface area contributed by atoms with Gasteiger partial charge in [0.1, 0.15) is 36.6 Å². The number of aromatic nitrogens is 1. The van der Waals surface area contributed by atoms with Crippen LogP contribution in [0, 0.1) is 0 Å². The topological polar surface area (TPSA) is 63.7 Å². The van der Waals surface area contributed by atoms with Crippen molar-refractivity contribution in [3.8, 4) is 17.2 Å². The van der Waals surface area contributed by atoms with E-state index >= 15 is 0 Å². The number of hydrogen-bond donors (Lipinski definition) is 2. The Morgan fingerprint density at radius 1 is 1.00 bits per heavy atom. The molecule has 5 heteroatoms. The van der Waals surface area contributed by atoms with Gasteiger partial charge in [0.2, 0.25) is 0 Å². The molecule has 2 N–H and O–H groups in total. The summed E-state index contributed by atoms with van der Waals surface area (Å²) in [5, 5.41) is 11.0. The Balaban J connectivity index is 1.53. The van der Waals surface area contributed by atoms with Crippen molar-refractivity contribution in [2.75, 3.05) is 20.3 Å².